The lowest BCUT2D eigenvalue weighted by Crippen LogP contribution is -2.37. The van der Waals surface area contributed by atoms with E-state index in [-0.39, 0.29) is 17.9 Å². The molecule has 0 saturated carbocycles. The Balaban J connectivity index is 1.54. The molecular weight excluding hydrogens is 360 g/mol. The second-order valence-corrected chi connectivity index (χ2v) is 7.70. The molecule has 1 N–H and O–H groups in total. The average Bonchev–Trinajstić information content (AvgIpc) is 2.65. The van der Waals surface area contributed by atoms with Crippen LogP contribution in [0.15, 0.2) is 48.5 Å². The number of hydrogen-bond donors (Lipinski definition) is 1. The fraction of sp³-hybridized carbons (Fsp3) is 0.409. The fourth-order valence-electron chi connectivity index (χ4n) is 3.38. The Hall–Kier alpha value is -2.04. The Morgan fingerprint density at radius 1 is 1.15 bits per heavy atom. The molecule has 0 atom stereocenters. The molecule has 1 aliphatic rings. The third kappa shape index (κ3) is 5.47. The van der Waals surface area contributed by atoms with Crippen LogP contribution >= 0.6 is 11.6 Å². The molecule has 1 fully saturated rings. The van der Waals surface area contributed by atoms with E-state index in [9.17, 15) is 4.79 Å². The Morgan fingerprint density at radius 3 is 2.52 bits per heavy atom. The highest BCUT2D eigenvalue weighted by atomic mass is 35.5. The summed E-state index contributed by atoms with van der Waals surface area (Å²) in [5.74, 6) is 0.823. The highest BCUT2D eigenvalue weighted by Crippen LogP contribution is 2.27. The number of carbonyl (C=O) groups is 1. The molecule has 2 aromatic rings. The van der Waals surface area contributed by atoms with Crippen molar-refractivity contribution in [3.63, 3.8) is 0 Å². The lowest BCUT2D eigenvalue weighted by atomic mass is 9.95. The van der Waals surface area contributed by atoms with E-state index in [1.807, 2.05) is 56.3 Å². The smallest absolute Gasteiger partial charge is 0.227 e. The number of likely N-dealkylation sites (tertiary alicyclic amines) is 1. The molecule has 0 bridgehead atoms. The molecule has 1 heterocycles. The summed E-state index contributed by atoms with van der Waals surface area (Å²) in [7, 11) is 0. The zero-order valence-corrected chi connectivity index (χ0v) is 16.7. The van der Waals surface area contributed by atoms with Gasteiger partial charge in [0.1, 0.15) is 5.75 Å². The lowest BCUT2D eigenvalue weighted by Gasteiger charge is -2.31. The second-order valence-electron chi connectivity index (χ2n) is 7.29. The van der Waals surface area contributed by atoms with Gasteiger partial charge in [-0.3, -0.25) is 9.69 Å². The Morgan fingerprint density at radius 2 is 1.81 bits per heavy atom. The van der Waals surface area contributed by atoms with Crippen molar-refractivity contribution in [1.29, 1.82) is 0 Å². The van der Waals surface area contributed by atoms with E-state index in [1.165, 1.54) is 0 Å². The normalized spacial score (nSPS) is 15.7. The first-order valence-electron chi connectivity index (χ1n) is 9.55. The molecule has 0 aliphatic carbocycles. The number of benzene rings is 2. The van der Waals surface area contributed by atoms with Crippen LogP contribution in [0.3, 0.4) is 0 Å². The maximum atomic E-state index is 12.7. The number of carbonyl (C=O) groups excluding carboxylic acids is 1. The van der Waals surface area contributed by atoms with Gasteiger partial charge in [0.25, 0.3) is 0 Å². The molecule has 1 amide bonds. The lowest BCUT2D eigenvalue weighted by molar-refractivity contribution is -0.121. The molecule has 0 aromatic heterocycles. The minimum absolute atomic E-state index is 0.0274. The van der Waals surface area contributed by atoms with Crippen LogP contribution in [0.2, 0.25) is 5.02 Å². The summed E-state index contributed by atoms with van der Waals surface area (Å²) >= 11 is 6.26. The van der Waals surface area contributed by atoms with Crippen molar-refractivity contribution in [2.24, 2.45) is 5.92 Å². The molecule has 3 rings (SSSR count). The molecule has 27 heavy (non-hydrogen) atoms. The number of halogens is 1. The van der Waals surface area contributed by atoms with Gasteiger partial charge in [-0.1, -0.05) is 41.9 Å². The summed E-state index contributed by atoms with van der Waals surface area (Å²) in [5.41, 5.74) is 1.89. The Bertz CT molecular complexity index is 770. The molecule has 1 aliphatic heterocycles. The number of para-hydroxylation sites is 2. The van der Waals surface area contributed by atoms with E-state index in [0.717, 1.165) is 54.5 Å². The second kappa shape index (κ2) is 9.25. The third-order valence-electron chi connectivity index (χ3n) is 4.82. The van der Waals surface area contributed by atoms with E-state index in [0.29, 0.717) is 0 Å². The zero-order valence-electron chi connectivity index (χ0n) is 16.0. The fourth-order valence-corrected chi connectivity index (χ4v) is 3.58. The standard InChI is InChI=1S/C22H27ClN2O2/c1-16(2)27-21-10-6-5-9-20(21)24-22(26)17-11-13-25(14-12-17)15-18-7-3-4-8-19(18)23/h3-10,16-17H,11-15H2,1-2H3,(H,24,26). The van der Waals surface area contributed by atoms with Crippen LogP contribution in [0.5, 0.6) is 5.75 Å². The van der Waals surface area contributed by atoms with E-state index in [4.69, 9.17) is 16.3 Å². The van der Waals surface area contributed by atoms with E-state index in [2.05, 4.69) is 16.3 Å². The van der Waals surface area contributed by atoms with Crippen molar-refractivity contribution in [3.05, 3.63) is 59.1 Å². The van der Waals surface area contributed by atoms with Crippen LogP contribution in [0.4, 0.5) is 5.69 Å². The number of nitrogens with zero attached hydrogens (tertiary/aromatic N) is 1. The van der Waals surface area contributed by atoms with Gasteiger partial charge in [0.05, 0.1) is 11.8 Å². The number of hydrogen-bond acceptors (Lipinski definition) is 3. The number of ether oxygens (including phenoxy) is 1. The Labute approximate surface area is 166 Å². The molecule has 5 heteroatoms. The van der Waals surface area contributed by atoms with Gasteiger partial charge in [-0.05, 0) is 63.5 Å². The number of rotatable bonds is 6. The maximum absolute atomic E-state index is 12.7. The predicted molar refractivity (Wildman–Crippen MR) is 110 cm³/mol. The topological polar surface area (TPSA) is 41.6 Å². The van der Waals surface area contributed by atoms with Crippen molar-refractivity contribution < 1.29 is 9.53 Å². The molecule has 0 radical (unpaired) electrons. The largest absolute Gasteiger partial charge is 0.489 e. The maximum Gasteiger partial charge on any atom is 0.227 e. The first kappa shape index (κ1) is 19.7. The highest BCUT2D eigenvalue weighted by molar-refractivity contribution is 6.31. The van der Waals surface area contributed by atoms with Gasteiger partial charge in [0.2, 0.25) is 5.91 Å². The van der Waals surface area contributed by atoms with Gasteiger partial charge in [0.15, 0.2) is 0 Å². The van der Waals surface area contributed by atoms with Crippen molar-refractivity contribution in [2.75, 3.05) is 18.4 Å². The van der Waals surface area contributed by atoms with Crippen LogP contribution < -0.4 is 10.1 Å². The van der Waals surface area contributed by atoms with Gasteiger partial charge in [-0.25, -0.2) is 0 Å². The van der Waals surface area contributed by atoms with Crippen LogP contribution in [0, 0.1) is 5.92 Å². The monoisotopic (exact) mass is 386 g/mol. The van der Waals surface area contributed by atoms with Gasteiger partial charge in [0, 0.05) is 17.5 Å². The van der Waals surface area contributed by atoms with E-state index < -0.39 is 0 Å². The van der Waals surface area contributed by atoms with Gasteiger partial charge in [-0.2, -0.15) is 0 Å². The third-order valence-corrected chi connectivity index (χ3v) is 5.19. The van der Waals surface area contributed by atoms with Crippen molar-refractivity contribution in [3.8, 4) is 5.75 Å². The van der Waals surface area contributed by atoms with Crippen molar-refractivity contribution in [2.45, 2.75) is 39.3 Å². The molecular formula is C22H27ClN2O2. The molecule has 144 valence electrons. The average molecular weight is 387 g/mol. The molecule has 1 saturated heterocycles. The summed E-state index contributed by atoms with van der Waals surface area (Å²) in [6, 6.07) is 15.6. The molecule has 4 nitrogen and oxygen atoms in total. The summed E-state index contributed by atoms with van der Waals surface area (Å²) < 4.78 is 5.79. The van der Waals surface area contributed by atoms with Crippen LogP contribution in [-0.4, -0.2) is 30.0 Å². The van der Waals surface area contributed by atoms with Crippen LogP contribution in [0.1, 0.15) is 32.3 Å². The number of nitrogens with one attached hydrogen (secondary N) is 1. The summed E-state index contributed by atoms with van der Waals surface area (Å²) in [6.45, 7) is 6.58. The first-order chi connectivity index (χ1) is 13.0. The summed E-state index contributed by atoms with van der Waals surface area (Å²) in [6.07, 6.45) is 1.77. The van der Waals surface area contributed by atoms with Crippen LogP contribution in [-0.2, 0) is 11.3 Å². The molecule has 2 aromatic carbocycles. The van der Waals surface area contributed by atoms with Gasteiger partial charge in [-0.15, -0.1) is 0 Å². The van der Waals surface area contributed by atoms with E-state index in [1.54, 1.807) is 0 Å². The number of piperidine rings is 1. The molecule has 0 spiro atoms. The SMILES string of the molecule is CC(C)Oc1ccccc1NC(=O)C1CCN(Cc2ccccc2Cl)CC1. The summed E-state index contributed by atoms with van der Waals surface area (Å²) in [4.78, 5) is 15.1. The van der Waals surface area contributed by atoms with Crippen molar-refractivity contribution in [1.82, 2.24) is 4.90 Å². The number of anilines is 1. The minimum atomic E-state index is 0.0274. The first-order valence-corrected chi connectivity index (χ1v) is 9.93. The number of amides is 1. The predicted octanol–water partition coefficient (Wildman–Crippen LogP) is 4.98. The Kier molecular flexibility index (Phi) is 6.75. The van der Waals surface area contributed by atoms with Crippen LogP contribution in [0.25, 0.3) is 0 Å². The van der Waals surface area contributed by atoms with Crippen molar-refractivity contribution >= 4 is 23.2 Å². The highest BCUT2D eigenvalue weighted by Gasteiger charge is 2.26. The van der Waals surface area contributed by atoms with Gasteiger partial charge < -0.3 is 10.1 Å². The molecule has 0 unspecified atom stereocenters. The zero-order chi connectivity index (χ0) is 19.2. The quantitative estimate of drug-likeness (QED) is 0.761. The minimum Gasteiger partial charge on any atom is -0.489 e. The summed E-state index contributed by atoms with van der Waals surface area (Å²) in [5, 5.41) is 3.86. The van der Waals surface area contributed by atoms with E-state index >= 15 is 0 Å². The van der Waals surface area contributed by atoms with Gasteiger partial charge >= 0.3 is 0 Å².